The van der Waals surface area contributed by atoms with Crippen molar-refractivity contribution in [3.63, 3.8) is 0 Å². The maximum atomic E-state index is 10.9. The molecular formula is C38H22N4O2. The summed E-state index contributed by atoms with van der Waals surface area (Å²) in [5.74, 6) is 0.527. The predicted molar refractivity (Wildman–Crippen MR) is 175 cm³/mol. The number of rotatable bonds is 5. The van der Waals surface area contributed by atoms with Gasteiger partial charge in [-0.05, 0) is 83.9 Å². The van der Waals surface area contributed by atoms with Crippen molar-refractivity contribution < 1.29 is 9.53 Å². The minimum atomic E-state index is 0.527. The number of nitriles is 1. The average Bonchev–Trinajstić information content (AvgIpc) is 3.58. The van der Waals surface area contributed by atoms with Crippen LogP contribution in [0.15, 0.2) is 138 Å². The Hall–Kier alpha value is -6.41. The number of hydrogen-bond donors (Lipinski definition) is 0. The highest BCUT2D eigenvalue weighted by Crippen LogP contribution is 2.36. The third-order valence-corrected chi connectivity index (χ3v) is 8.22. The van der Waals surface area contributed by atoms with Crippen LogP contribution in [-0.2, 0) is 4.79 Å². The first-order valence-electron chi connectivity index (χ1n) is 14.1. The lowest BCUT2D eigenvalue weighted by atomic mass is 10.0. The van der Waals surface area contributed by atoms with Crippen molar-refractivity contribution in [3.8, 4) is 34.5 Å². The first kappa shape index (κ1) is 25.3. The van der Waals surface area contributed by atoms with Crippen LogP contribution in [0.1, 0.15) is 0 Å². The lowest BCUT2D eigenvalue weighted by molar-refractivity contribution is 0.508. The lowest BCUT2D eigenvalue weighted by Gasteiger charge is -2.11. The number of isocyanates is 1. The summed E-state index contributed by atoms with van der Waals surface area (Å²) in [5.41, 5.74) is 9.19. The first-order chi connectivity index (χ1) is 21.7. The maximum Gasteiger partial charge on any atom is 0.292 e. The van der Waals surface area contributed by atoms with Gasteiger partial charge in [-0.2, -0.15) is 4.99 Å². The molecule has 0 spiro atoms. The van der Waals surface area contributed by atoms with E-state index in [4.69, 9.17) is 10.00 Å². The Morgan fingerprint density at radius 2 is 1.05 bits per heavy atom. The first-order valence-corrected chi connectivity index (χ1v) is 14.1. The van der Waals surface area contributed by atoms with Gasteiger partial charge in [0.25, 0.3) is 6.26 Å². The Balaban J connectivity index is 1.18. The highest BCUT2D eigenvalue weighted by atomic mass is 16.5. The Labute approximate surface area is 251 Å². The molecule has 0 saturated carbocycles. The van der Waals surface area contributed by atoms with Crippen LogP contribution in [0.3, 0.4) is 0 Å². The molecule has 8 aromatic rings. The van der Waals surface area contributed by atoms with Crippen LogP contribution in [0.5, 0.6) is 5.75 Å². The van der Waals surface area contributed by atoms with Gasteiger partial charge < -0.3 is 13.9 Å². The lowest BCUT2D eigenvalue weighted by Crippen LogP contribution is -1.94. The molecule has 0 saturated heterocycles. The molecule has 2 heterocycles. The minimum Gasteiger partial charge on any atom is -0.388 e. The van der Waals surface area contributed by atoms with Crippen LogP contribution >= 0.6 is 0 Å². The van der Waals surface area contributed by atoms with E-state index in [1.165, 1.54) is 0 Å². The van der Waals surface area contributed by atoms with Crippen molar-refractivity contribution in [2.75, 3.05) is 0 Å². The number of benzene rings is 6. The Morgan fingerprint density at radius 3 is 1.59 bits per heavy atom. The largest absolute Gasteiger partial charge is 0.388 e. The van der Waals surface area contributed by atoms with Gasteiger partial charge in [0.2, 0.25) is 6.08 Å². The molecule has 0 aliphatic rings. The standard InChI is InChI=1S/C38H22N4O2/c39-23-44-30-18-20-38-34(22-30)32-6-2-4-8-36(32)42(38)29-16-11-26(12-17-29)25-9-14-28(15-10-25)41-35-7-3-1-5-31(35)33-21-27(40-24-43)13-19-37(33)41/h1-22H. The predicted octanol–water partition coefficient (Wildman–Crippen LogP) is 9.37. The highest BCUT2D eigenvalue weighted by Gasteiger charge is 2.15. The van der Waals surface area contributed by atoms with Gasteiger partial charge in [-0.25, -0.2) is 4.79 Å². The minimum absolute atomic E-state index is 0.527. The van der Waals surface area contributed by atoms with E-state index >= 15 is 0 Å². The number of aromatic nitrogens is 2. The van der Waals surface area contributed by atoms with E-state index in [0.29, 0.717) is 11.4 Å². The van der Waals surface area contributed by atoms with E-state index in [0.717, 1.165) is 66.1 Å². The van der Waals surface area contributed by atoms with Crippen LogP contribution in [0.25, 0.3) is 66.1 Å². The molecule has 0 atom stereocenters. The second-order valence-corrected chi connectivity index (χ2v) is 10.6. The molecule has 0 N–H and O–H groups in total. The van der Waals surface area contributed by atoms with Crippen molar-refractivity contribution >= 4 is 55.4 Å². The maximum absolute atomic E-state index is 10.9. The molecule has 0 amide bonds. The zero-order valence-corrected chi connectivity index (χ0v) is 23.3. The van der Waals surface area contributed by atoms with Crippen LogP contribution in [0.4, 0.5) is 5.69 Å². The number of carbonyl (C=O) groups excluding carboxylic acids is 1. The van der Waals surface area contributed by atoms with E-state index in [9.17, 15) is 4.79 Å². The van der Waals surface area contributed by atoms with Gasteiger partial charge in [-0.1, -0.05) is 60.7 Å². The highest BCUT2D eigenvalue weighted by molar-refractivity contribution is 6.11. The van der Waals surface area contributed by atoms with E-state index in [-0.39, 0.29) is 0 Å². The van der Waals surface area contributed by atoms with Crippen LogP contribution < -0.4 is 4.74 Å². The quantitative estimate of drug-likeness (QED) is 0.118. The number of ether oxygens (including phenoxy) is 1. The molecular weight excluding hydrogens is 544 g/mol. The molecule has 0 unspecified atom stereocenters. The fourth-order valence-electron chi connectivity index (χ4n) is 6.31. The Bertz CT molecular complexity index is 2470. The molecule has 0 fully saturated rings. The van der Waals surface area contributed by atoms with Crippen molar-refractivity contribution in [3.05, 3.63) is 133 Å². The van der Waals surface area contributed by atoms with E-state index in [1.54, 1.807) is 12.3 Å². The summed E-state index contributed by atoms with van der Waals surface area (Å²) in [7, 11) is 0. The molecule has 2 aromatic heterocycles. The zero-order valence-electron chi connectivity index (χ0n) is 23.3. The van der Waals surface area contributed by atoms with Gasteiger partial charge in [0, 0.05) is 32.9 Å². The van der Waals surface area contributed by atoms with Gasteiger partial charge in [-0.15, -0.1) is 5.26 Å². The van der Waals surface area contributed by atoms with Crippen LogP contribution in [-0.4, -0.2) is 15.2 Å². The van der Waals surface area contributed by atoms with Crippen LogP contribution in [0, 0.1) is 11.5 Å². The Morgan fingerprint density at radius 1 is 0.545 bits per heavy atom. The van der Waals surface area contributed by atoms with Crippen molar-refractivity contribution in [2.24, 2.45) is 4.99 Å². The SMILES string of the molecule is N#COc1ccc2c(c1)c1ccccc1n2-c1ccc(-c2ccc(-n3c4ccccc4c4cc(N=C=O)ccc43)cc2)cc1. The molecule has 44 heavy (non-hydrogen) atoms. The normalized spacial score (nSPS) is 11.2. The monoisotopic (exact) mass is 566 g/mol. The van der Waals surface area contributed by atoms with Crippen molar-refractivity contribution in [1.29, 1.82) is 5.26 Å². The average molecular weight is 567 g/mol. The molecule has 0 aliphatic carbocycles. The smallest absolute Gasteiger partial charge is 0.292 e. The number of fused-ring (bicyclic) bond motifs is 6. The van der Waals surface area contributed by atoms with Gasteiger partial charge in [0.05, 0.1) is 27.8 Å². The van der Waals surface area contributed by atoms with Crippen molar-refractivity contribution in [2.45, 2.75) is 0 Å². The topological polar surface area (TPSA) is 72.3 Å². The molecule has 206 valence electrons. The summed E-state index contributed by atoms with van der Waals surface area (Å²) in [5, 5.41) is 13.3. The van der Waals surface area contributed by atoms with Gasteiger partial charge in [0.15, 0.2) is 0 Å². The van der Waals surface area contributed by atoms with E-state index < -0.39 is 0 Å². The number of nitrogens with zero attached hydrogens (tertiary/aromatic N) is 4. The molecule has 0 bridgehead atoms. The van der Waals surface area contributed by atoms with Gasteiger partial charge in [0.1, 0.15) is 5.75 Å². The molecule has 6 heteroatoms. The second-order valence-electron chi connectivity index (χ2n) is 10.6. The number of para-hydroxylation sites is 2. The van der Waals surface area contributed by atoms with Crippen LogP contribution in [0.2, 0.25) is 0 Å². The summed E-state index contributed by atoms with van der Waals surface area (Å²) < 4.78 is 9.58. The summed E-state index contributed by atoms with van der Waals surface area (Å²) in [6.07, 6.45) is 3.41. The number of hydrogen-bond acceptors (Lipinski definition) is 4. The third-order valence-electron chi connectivity index (χ3n) is 8.22. The second kappa shape index (κ2) is 10.1. The molecule has 6 aromatic carbocycles. The third kappa shape index (κ3) is 3.97. The summed E-state index contributed by atoms with van der Waals surface area (Å²) in [4.78, 5) is 14.7. The molecule has 0 radical (unpaired) electrons. The summed E-state index contributed by atoms with van der Waals surface area (Å²) in [6.45, 7) is 0. The number of aliphatic imine (C=N–C) groups is 1. The van der Waals surface area contributed by atoms with Gasteiger partial charge >= 0.3 is 0 Å². The molecule has 0 aliphatic heterocycles. The summed E-state index contributed by atoms with van der Waals surface area (Å²) >= 11 is 0. The summed E-state index contributed by atoms with van der Waals surface area (Å²) in [6, 6.07) is 45.2. The van der Waals surface area contributed by atoms with Crippen molar-refractivity contribution in [1.82, 2.24) is 9.13 Å². The zero-order chi connectivity index (χ0) is 29.6. The Kier molecular flexibility index (Phi) is 5.84. The van der Waals surface area contributed by atoms with E-state index in [1.807, 2.05) is 60.7 Å². The van der Waals surface area contributed by atoms with E-state index in [2.05, 4.69) is 86.9 Å². The fraction of sp³-hybridized carbons (Fsp3) is 0. The van der Waals surface area contributed by atoms with Gasteiger partial charge in [-0.3, -0.25) is 0 Å². The fourth-order valence-corrected chi connectivity index (χ4v) is 6.31. The molecule has 6 nitrogen and oxygen atoms in total. The molecule has 8 rings (SSSR count).